The molecule has 82 valence electrons. The summed E-state index contributed by atoms with van der Waals surface area (Å²) in [5.74, 6) is -0.467. The zero-order valence-electron chi connectivity index (χ0n) is 8.82. The van der Waals surface area contributed by atoms with Crippen LogP contribution in [0.3, 0.4) is 0 Å². The molecule has 1 saturated heterocycles. The molecule has 0 saturated carbocycles. The fraction of sp³-hybridized carbons (Fsp3) is 0.875. The third kappa shape index (κ3) is 2.46. The van der Waals surface area contributed by atoms with Crippen molar-refractivity contribution in [3.05, 3.63) is 0 Å². The van der Waals surface area contributed by atoms with Crippen molar-refractivity contribution in [3.63, 3.8) is 0 Å². The first kappa shape index (κ1) is 11.5. The summed E-state index contributed by atoms with van der Waals surface area (Å²) in [6, 6.07) is -0.548. The van der Waals surface area contributed by atoms with E-state index in [-0.39, 0.29) is 5.91 Å². The summed E-state index contributed by atoms with van der Waals surface area (Å²) < 4.78 is 0. The molecule has 0 aliphatic carbocycles. The van der Waals surface area contributed by atoms with Gasteiger partial charge in [-0.05, 0) is 18.8 Å². The molecule has 1 fully saturated rings. The standard InChI is InChI=1S/C8H18BN2O3/c1-5(2)4-7-9(13,14)11-6(3)8(12)10-7/h5-7,11,13-14H,4H2,1-3H3,(H,10,12)/q-1/t6-,7-/m0/s1. The summed E-state index contributed by atoms with van der Waals surface area (Å²) in [7, 11) is 0. The van der Waals surface area contributed by atoms with Gasteiger partial charge in [-0.2, -0.15) is 0 Å². The fourth-order valence-corrected chi connectivity index (χ4v) is 1.74. The average molecular weight is 201 g/mol. The van der Waals surface area contributed by atoms with E-state index in [1.54, 1.807) is 6.92 Å². The second-order valence-electron chi connectivity index (χ2n) is 4.47. The number of amides is 1. The quantitative estimate of drug-likeness (QED) is 0.430. The maximum Gasteiger partial charge on any atom is 0.332 e. The van der Waals surface area contributed by atoms with Crippen molar-refractivity contribution in [1.29, 1.82) is 0 Å². The van der Waals surface area contributed by atoms with Gasteiger partial charge in [-0.25, -0.2) is 0 Å². The van der Waals surface area contributed by atoms with E-state index >= 15 is 0 Å². The third-order valence-corrected chi connectivity index (χ3v) is 2.50. The minimum atomic E-state index is -2.66. The second kappa shape index (κ2) is 3.88. The molecule has 0 spiro atoms. The Morgan fingerprint density at radius 2 is 2.07 bits per heavy atom. The van der Waals surface area contributed by atoms with Crippen molar-refractivity contribution >= 4 is 12.6 Å². The van der Waals surface area contributed by atoms with E-state index in [9.17, 15) is 14.8 Å². The molecule has 2 atom stereocenters. The van der Waals surface area contributed by atoms with Crippen molar-refractivity contribution < 1.29 is 14.8 Å². The zero-order valence-corrected chi connectivity index (χ0v) is 8.82. The number of carbonyl (C=O) groups excluding carboxylic acids is 1. The van der Waals surface area contributed by atoms with Crippen molar-refractivity contribution in [1.82, 2.24) is 10.5 Å². The molecular formula is C8H18BN2O3-. The summed E-state index contributed by atoms with van der Waals surface area (Å²) in [6.07, 6.45) is 0.554. The predicted molar refractivity (Wildman–Crippen MR) is 54.2 cm³/mol. The number of carbonyl (C=O) groups is 1. The van der Waals surface area contributed by atoms with Crippen LogP contribution in [0.25, 0.3) is 0 Å². The van der Waals surface area contributed by atoms with Crippen LogP contribution in [0.1, 0.15) is 27.2 Å². The number of nitrogens with one attached hydrogen (secondary N) is 2. The monoisotopic (exact) mass is 201 g/mol. The molecule has 0 bridgehead atoms. The van der Waals surface area contributed by atoms with Crippen LogP contribution in [-0.2, 0) is 4.79 Å². The zero-order chi connectivity index (χ0) is 10.9. The SMILES string of the molecule is CC(C)C[C@@H]1NC(=O)[C@H](C)N[B-]1(O)O. The van der Waals surface area contributed by atoms with Crippen LogP contribution in [0.2, 0.25) is 0 Å². The molecule has 5 nitrogen and oxygen atoms in total. The van der Waals surface area contributed by atoms with E-state index < -0.39 is 18.7 Å². The maximum absolute atomic E-state index is 11.3. The lowest BCUT2D eigenvalue weighted by Gasteiger charge is -2.46. The Bertz CT molecular complexity index is 233. The summed E-state index contributed by atoms with van der Waals surface area (Å²) in [4.78, 5) is 11.3. The molecule has 1 rings (SSSR count). The van der Waals surface area contributed by atoms with E-state index in [0.717, 1.165) is 0 Å². The Kier molecular flexibility index (Phi) is 3.19. The molecule has 1 aliphatic rings. The molecule has 4 N–H and O–H groups in total. The van der Waals surface area contributed by atoms with Crippen LogP contribution in [0.4, 0.5) is 0 Å². The lowest BCUT2D eigenvalue weighted by Crippen LogP contribution is -2.75. The highest BCUT2D eigenvalue weighted by Gasteiger charge is 2.38. The van der Waals surface area contributed by atoms with Gasteiger partial charge < -0.3 is 20.6 Å². The number of hydrogen-bond acceptors (Lipinski definition) is 4. The normalized spacial score (nSPS) is 31.7. The van der Waals surface area contributed by atoms with Gasteiger partial charge in [-0.3, -0.25) is 4.79 Å². The van der Waals surface area contributed by atoms with Gasteiger partial charge in [-0.1, -0.05) is 20.3 Å². The molecule has 1 amide bonds. The molecule has 0 aromatic rings. The Morgan fingerprint density at radius 3 is 2.57 bits per heavy atom. The van der Waals surface area contributed by atoms with Crippen LogP contribution in [0.15, 0.2) is 0 Å². The van der Waals surface area contributed by atoms with Gasteiger partial charge in [0.05, 0.1) is 6.04 Å². The average Bonchev–Trinajstić information content (AvgIpc) is 1.98. The molecule has 1 aliphatic heterocycles. The van der Waals surface area contributed by atoms with Gasteiger partial charge in [0, 0.05) is 0 Å². The highest BCUT2D eigenvalue weighted by Crippen LogP contribution is 2.14. The van der Waals surface area contributed by atoms with E-state index in [0.29, 0.717) is 12.3 Å². The first-order valence-corrected chi connectivity index (χ1v) is 5.01. The van der Waals surface area contributed by atoms with Gasteiger partial charge in [0.2, 0.25) is 5.91 Å². The van der Waals surface area contributed by atoms with Gasteiger partial charge >= 0.3 is 6.69 Å². The van der Waals surface area contributed by atoms with Crippen LogP contribution >= 0.6 is 0 Å². The topological polar surface area (TPSA) is 81.6 Å². The predicted octanol–water partition coefficient (Wildman–Crippen LogP) is -1.03. The first-order valence-electron chi connectivity index (χ1n) is 5.01. The van der Waals surface area contributed by atoms with Crippen molar-refractivity contribution in [2.24, 2.45) is 5.92 Å². The molecular weight excluding hydrogens is 183 g/mol. The summed E-state index contributed by atoms with van der Waals surface area (Å²) in [6.45, 7) is 2.88. The molecule has 0 unspecified atom stereocenters. The Hall–Kier alpha value is -0.585. The highest BCUT2D eigenvalue weighted by atomic mass is 16.4. The smallest absolute Gasteiger partial charge is 0.332 e. The highest BCUT2D eigenvalue weighted by molar-refractivity contribution is 6.65. The molecule has 0 aromatic carbocycles. The minimum absolute atomic E-state index is 0.184. The summed E-state index contributed by atoms with van der Waals surface area (Å²) >= 11 is 0. The largest absolute Gasteiger partial charge is 0.569 e. The lowest BCUT2D eigenvalue weighted by atomic mass is 9.59. The second-order valence-corrected chi connectivity index (χ2v) is 4.47. The van der Waals surface area contributed by atoms with E-state index in [1.807, 2.05) is 13.8 Å². The number of hydrogen-bond donors (Lipinski definition) is 4. The summed E-state index contributed by atoms with van der Waals surface area (Å²) in [5, 5.41) is 24.5. The molecule has 14 heavy (non-hydrogen) atoms. The van der Waals surface area contributed by atoms with E-state index in [4.69, 9.17) is 0 Å². The van der Waals surface area contributed by atoms with Crippen molar-refractivity contribution in [2.75, 3.05) is 0 Å². The van der Waals surface area contributed by atoms with Crippen molar-refractivity contribution in [2.45, 2.75) is 39.2 Å². The van der Waals surface area contributed by atoms with Crippen LogP contribution in [0, 0.1) is 5.92 Å². The lowest BCUT2D eigenvalue weighted by molar-refractivity contribution is -0.124. The Morgan fingerprint density at radius 1 is 1.50 bits per heavy atom. The van der Waals surface area contributed by atoms with E-state index in [1.165, 1.54) is 0 Å². The van der Waals surface area contributed by atoms with Crippen LogP contribution in [-0.4, -0.2) is 34.6 Å². The van der Waals surface area contributed by atoms with Crippen LogP contribution < -0.4 is 10.5 Å². The Labute approximate surface area is 83.9 Å². The van der Waals surface area contributed by atoms with Gasteiger partial charge in [0.15, 0.2) is 0 Å². The molecule has 1 heterocycles. The first-order chi connectivity index (χ1) is 6.33. The molecule has 0 radical (unpaired) electrons. The van der Waals surface area contributed by atoms with Crippen LogP contribution in [0.5, 0.6) is 0 Å². The number of rotatable bonds is 2. The summed E-state index contributed by atoms with van der Waals surface area (Å²) in [5.41, 5.74) is 0. The Balaban J connectivity index is 2.69. The molecule has 0 aromatic heterocycles. The van der Waals surface area contributed by atoms with Gasteiger partial charge in [-0.15, -0.1) is 0 Å². The van der Waals surface area contributed by atoms with Gasteiger partial charge in [0.25, 0.3) is 0 Å². The maximum atomic E-state index is 11.3. The van der Waals surface area contributed by atoms with E-state index in [2.05, 4.69) is 10.5 Å². The minimum Gasteiger partial charge on any atom is -0.569 e. The molecule has 6 heteroatoms. The van der Waals surface area contributed by atoms with Gasteiger partial charge in [0.1, 0.15) is 0 Å². The third-order valence-electron chi connectivity index (χ3n) is 2.50. The fourth-order valence-electron chi connectivity index (χ4n) is 1.74. The van der Waals surface area contributed by atoms with Crippen molar-refractivity contribution in [3.8, 4) is 0 Å².